The van der Waals surface area contributed by atoms with E-state index in [-0.39, 0.29) is 11.2 Å². The number of rotatable bonds is 3. The van der Waals surface area contributed by atoms with Gasteiger partial charge in [-0.1, -0.05) is 11.8 Å². The van der Waals surface area contributed by atoms with Crippen LogP contribution in [0, 0.1) is 0 Å². The van der Waals surface area contributed by atoms with Crippen LogP contribution in [0.25, 0.3) is 10.2 Å². The van der Waals surface area contributed by atoms with Crippen molar-refractivity contribution in [1.29, 1.82) is 0 Å². The number of primary amides is 1. The highest BCUT2D eigenvalue weighted by atomic mass is 32.2. The van der Waals surface area contributed by atoms with Crippen molar-refractivity contribution >= 4 is 39.2 Å². The molecule has 1 unspecified atom stereocenters. The number of hydrogen-bond acceptors (Lipinski definition) is 5. The highest BCUT2D eigenvalue weighted by Gasteiger charge is 2.13. The summed E-state index contributed by atoms with van der Waals surface area (Å²) in [5.74, 6) is -0.331. The minimum atomic E-state index is -0.331. The third kappa shape index (κ3) is 2.10. The average molecular weight is 239 g/mol. The summed E-state index contributed by atoms with van der Waals surface area (Å²) in [5, 5.41) is 3.48. The van der Waals surface area contributed by atoms with Gasteiger partial charge in [0, 0.05) is 5.39 Å². The van der Waals surface area contributed by atoms with Gasteiger partial charge in [0.05, 0.1) is 5.25 Å². The molecular formula is C9H9N3OS2. The van der Waals surface area contributed by atoms with E-state index in [4.69, 9.17) is 5.73 Å². The minimum Gasteiger partial charge on any atom is -0.369 e. The van der Waals surface area contributed by atoms with E-state index in [2.05, 4.69) is 9.97 Å². The second-order valence-corrected chi connectivity index (χ2v) is 5.20. The molecule has 0 aromatic carbocycles. The summed E-state index contributed by atoms with van der Waals surface area (Å²) in [4.78, 5) is 20.2. The summed E-state index contributed by atoms with van der Waals surface area (Å²) in [6.45, 7) is 1.77. The van der Waals surface area contributed by atoms with Crippen molar-refractivity contribution in [3.63, 3.8) is 0 Å². The number of nitrogens with two attached hydrogens (primary N) is 1. The SMILES string of the molecule is CC(Sc1ncnc2sccc12)C(N)=O. The van der Waals surface area contributed by atoms with Gasteiger partial charge < -0.3 is 5.73 Å². The smallest absolute Gasteiger partial charge is 0.230 e. The number of thioether (sulfide) groups is 1. The Morgan fingerprint density at radius 1 is 1.60 bits per heavy atom. The first kappa shape index (κ1) is 10.4. The van der Waals surface area contributed by atoms with Crippen molar-refractivity contribution in [3.05, 3.63) is 17.8 Å². The number of aromatic nitrogens is 2. The molecule has 2 aromatic rings. The molecule has 15 heavy (non-hydrogen) atoms. The molecule has 2 aromatic heterocycles. The molecule has 0 bridgehead atoms. The van der Waals surface area contributed by atoms with Gasteiger partial charge in [0.15, 0.2) is 0 Å². The first-order chi connectivity index (χ1) is 7.18. The molecule has 0 spiro atoms. The van der Waals surface area contributed by atoms with Crippen LogP contribution in [0.2, 0.25) is 0 Å². The summed E-state index contributed by atoms with van der Waals surface area (Å²) < 4.78 is 0. The van der Waals surface area contributed by atoms with E-state index in [9.17, 15) is 4.79 Å². The Hall–Kier alpha value is -1.14. The Balaban J connectivity index is 2.35. The van der Waals surface area contributed by atoms with Crippen molar-refractivity contribution in [1.82, 2.24) is 9.97 Å². The summed E-state index contributed by atoms with van der Waals surface area (Å²) in [6, 6.07) is 1.95. The van der Waals surface area contributed by atoms with Gasteiger partial charge in [-0.25, -0.2) is 9.97 Å². The molecule has 1 atom stereocenters. The maximum atomic E-state index is 10.9. The number of amides is 1. The summed E-state index contributed by atoms with van der Waals surface area (Å²) >= 11 is 2.92. The lowest BCUT2D eigenvalue weighted by Crippen LogP contribution is -2.22. The zero-order valence-corrected chi connectivity index (χ0v) is 9.64. The third-order valence-corrected chi connectivity index (χ3v) is 3.87. The van der Waals surface area contributed by atoms with E-state index >= 15 is 0 Å². The Kier molecular flexibility index (Phi) is 2.88. The molecule has 2 heterocycles. The second-order valence-electron chi connectivity index (χ2n) is 2.98. The predicted molar refractivity (Wildman–Crippen MR) is 61.9 cm³/mol. The molecule has 0 saturated carbocycles. The molecule has 4 nitrogen and oxygen atoms in total. The molecule has 0 fully saturated rings. The van der Waals surface area contributed by atoms with Gasteiger partial charge >= 0.3 is 0 Å². The predicted octanol–water partition coefficient (Wildman–Crippen LogP) is 1.66. The van der Waals surface area contributed by atoms with Gasteiger partial charge in [-0.05, 0) is 18.4 Å². The topological polar surface area (TPSA) is 68.9 Å². The molecule has 2 N–H and O–H groups in total. The monoisotopic (exact) mass is 239 g/mol. The highest BCUT2D eigenvalue weighted by molar-refractivity contribution is 8.00. The van der Waals surface area contributed by atoms with Gasteiger partial charge in [0.25, 0.3) is 0 Å². The van der Waals surface area contributed by atoms with Crippen LogP contribution in [0.15, 0.2) is 22.8 Å². The zero-order valence-electron chi connectivity index (χ0n) is 8.01. The number of hydrogen-bond donors (Lipinski definition) is 1. The lowest BCUT2D eigenvalue weighted by molar-refractivity contribution is -0.117. The maximum absolute atomic E-state index is 10.9. The van der Waals surface area contributed by atoms with Gasteiger partial charge in [-0.2, -0.15) is 0 Å². The Morgan fingerprint density at radius 2 is 2.40 bits per heavy atom. The standard InChI is InChI=1S/C9H9N3OS2/c1-5(7(10)13)15-9-6-2-3-14-8(6)11-4-12-9/h2-5H,1H3,(H2,10,13). The van der Waals surface area contributed by atoms with Crippen LogP contribution >= 0.6 is 23.1 Å². The first-order valence-electron chi connectivity index (χ1n) is 4.32. The molecule has 0 aliphatic rings. The molecule has 2 rings (SSSR count). The normalized spacial score (nSPS) is 12.9. The molecule has 1 amide bonds. The van der Waals surface area contributed by atoms with Crippen LogP contribution < -0.4 is 5.73 Å². The highest BCUT2D eigenvalue weighted by Crippen LogP contribution is 2.29. The largest absolute Gasteiger partial charge is 0.369 e. The molecule has 6 heteroatoms. The van der Waals surface area contributed by atoms with Gasteiger partial charge in [0.1, 0.15) is 16.2 Å². The van der Waals surface area contributed by atoms with Crippen LogP contribution in [0.5, 0.6) is 0 Å². The van der Waals surface area contributed by atoms with E-state index in [0.717, 1.165) is 15.2 Å². The molecule has 0 aliphatic heterocycles. The lowest BCUT2D eigenvalue weighted by atomic mass is 10.4. The number of nitrogens with zero attached hydrogens (tertiary/aromatic N) is 2. The third-order valence-electron chi connectivity index (χ3n) is 1.91. The Bertz CT molecular complexity index is 497. The van der Waals surface area contributed by atoms with Crippen molar-refractivity contribution in [2.45, 2.75) is 17.2 Å². The van der Waals surface area contributed by atoms with Gasteiger partial charge in [-0.3, -0.25) is 4.79 Å². The fourth-order valence-corrected chi connectivity index (χ4v) is 2.73. The summed E-state index contributed by atoms with van der Waals surface area (Å²) in [7, 11) is 0. The quantitative estimate of drug-likeness (QED) is 0.653. The van der Waals surface area contributed by atoms with Crippen molar-refractivity contribution in [2.24, 2.45) is 5.73 Å². The van der Waals surface area contributed by atoms with E-state index in [0.29, 0.717) is 0 Å². The van der Waals surface area contributed by atoms with E-state index < -0.39 is 0 Å². The molecule has 0 radical (unpaired) electrons. The van der Waals surface area contributed by atoms with Crippen LogP contribution in [0.1, 0.15) is 6.92 Å². The minimum absolute atomic E-state index is 0.275. The summed E-state index contributed by atoms with van der Waals surface area (Å²) in [5.41, 5.74) is 5.20. The van der Waals surface area contributed by atoms with Gasteiger partial charge in [0.2, 0.25) is 5.91 Å². The Labute approximate surface area is 94.9 Å². The number of carbonyl (C=O) groups excluding carboxylic acids is 1. The maximum Gasteiger partial charge on any atom is 0.230 e. The first-order valence-corrected chi connectivity index (χ1v) is 6.08. The molecule has 0 aliphatic carbocycles. The van der Waals surface area contributed by atoms with Crippen molar-refractivity contribution < 1.29 is 4.79 Å². The van der Waals surface area contributed by atoms with Crippen LogP contribution in [0.4, 0.5) is 0 Å². The van der Waals surface area contributed by atoms with Crippen LogP contribution in [0.3, 0.4) is 0 Å². The molecule has 0 saturated heterocycles. The fraction of sp³-hybridized carbons (Fsp3) is 0.222. The summed E-state index contributed by atoms with van der Waals surface area (Å²) in [6.07, 6.45) is 1.51. The van der Waals surface area contributed by atoms with E-state index in [1.54, 1.807) is 18.3 Å². The lowest BCUT2D eigenvalue weighted by Gasteiger charge is -2.06. The van der Waals surface area contributed by atoms with Crippen LogP contribution in [-0.2, 0) is 4.79 Å². The fourth-order valence-electron chi connectivity index (χ4n) is 1.09. The zero-order chi connectivity index (χ0) is 10.8. The van der Waals surface area contributed by atoms with Crippen LogP contribution in [-0.4, -0.2) is 21.1 Å². The second kappa shape index (κ2) is 4.16. The molecule has 78 valence electrons. The van der Waals surface area contributed by atoms with E-state index in [1.165, 1.54) is 18.1 Å². The van der Waals surface area contributed by atoms with Gasteiger partial charge in [-0.15, -0.1) is 11.3 Å². The van der Waals surface area contributed by atoms with Crippen molar-refractivity contribution in [2.75, 3.05) is 0 Å². The average Bonchev–Trinajstić information content (AvgIpc) is 2.66. The van der Waals surface area contributed by atoms with E-state index in [1.807, 2.05) is 11.4 Å². The number of fused-ring (bicyclic) bond motifs is 1. The Morgan fingerprint density at radius 3 is 3.13 bits per heavy atom. The van der Waals surface area contributed by atoms with Crippen molar-refractivity contribution in [3.8, 4) is 0 Å². The molecular weight excluding hydrogens is 230 g/mol. The number of thiophene rings is 1. The number of carbonyl (C=O) groups is 1.